The van der Waals surface area contributed by atoms with E-state index >= 15 is 0 Å². The number of hydrogen-bond acceptors (Lipinski definition) is 6. The predicted molar refractivity (Wildman–Crippen MR) is 96.9 cm³/mol. The van der Waals surface area contributed by atoms with Crippen LogP contribution < -0.4 is 10.6 Å². The molecule has 5 N–H and O–H groups in total. The van der Waals surface area contributed by atoms with Crippen molar-refractivity contribution in [2.45, 2.75) is 0 Å². The fourth-order valence-electron chi connectivity index (χ4n) is 2.25. The van der Waals surface area contributed by atoms with Crippen molar-refractivity contribution in [2.24, 2.45) is 0 Å². The van der Waals surface area contributed by atoms with Crippen LogP contribution in [0.2, 0.25) is 0 Å². The Morgan fingerprint density at radius 1 is 0.926 bits per heavy atom. The molecule has 0 aliphatic heterocycles. The lowest BCUT2D eigenvalue weighted by molar-refractivity contribution is -0.116. The van der Waals surface area contributed by atoms with Crippen LogP contribution in [0.1, 0.15) is 26.3 Å². The average molecular weight is 370 g/mol. The number of phenols is 3. The third kappa shape index (κ3) is 4.63. The molecule has 8 nitrogen and oxygen atoms in total. The fourth-order valence-corrected chi connectivity index (χ4v) is 2.25. The molecule has 0 unspecified atom stereocenters. The fraction of sp³-hybridized carbons (Fsp3) is 0.105. The molecule has 0 saturated heterocycles. The van der Waals surface area contributed by atoms with Gasteiger partial charge < -0.3 is 26.0 Å². The first-order valence-electron chi connectivity index (χ1n) is 7.92. The molecule has 140 valence electrons. The van der Waals surface area contributed by atoms with Gasteiger partial charge in [-0.3, -0.25) is 14.4 Å². The summed E-state index contributed by atoms with van der Waals surface area (Å²) in [5.74, 6) is -3.52. The SMILES string of the molecule is C=CC(=O)NCCNC(=O)c1cccc(C(=O)c2ccc(O)c(O)c2O)c1. The number of aromatic hydroxyl groups is 3. The number of hydrogen-bond donors (Lipinski definition) is 5. The van der Waals surface area contributed by atoms with Crippen LogP contribution in [0.5, 0.6) is 17.2 Å². The molecule has 27 heavy (non-hydrogen) atoms. The summed E-state index contributed by atoms with van der Waals surface area (Å²) in [5.41, 5.74) is 0.108. The minimum absolute atomic E-state index is 0.114. The lowest BCUT2D eigenvalue weighted by atomic mass is 10.00. The predicted octanol–water partition coefficient (Wildman–Crippen LogP) is 1.07. The van der Waals surface area contributed by atoms with Crippen LogP contribution in [-0.2, 0) is 4.79 Å². The lowest BCUT2D eigenvalue weighted by Crippen LogP contribution is -2.34. The van der Waals surface area contributed by atoms with Crippen molar-refractivity contribution in [1.82, 2.24) is 10.6 Å². The van der Waals surface area contributed by atoms with Crippen LogP contribution in [0.15, 0.2) is 49.1 Å². The number of amides is 2. The van der Waals surface area contributed by atoms with E-state index in [9.17, 15) is 29.7 Å². The Balaban J connectivity index is 2.11. The van der Waals surface area contributed by atoms with Gasteiger partial charge in [-0.2, -0.15) is 0 Å². The molecule has 0 spiro atoms. The minimum atomic E-state index is -0.795. The zero-order valence-electron chi connectivity index (χ0n) is 14.2. The molecule has 2 amide bonds. The molecule has 0 bridgehead atoms. The van der Waals surface area contributed by atoms with Gasteiger partial charge in [-0.25, -0.2) is 0 Å². The Morgan fingerprint density at radius 3 is 2.30 bits per heavy atom. The van der Waals surface area contributed by atoms with Crippen LogP contribution in [0.4, 0.5) is 0 Å². The van der Waals surface area contributed by atoms with Gasteiger partial charge in [0.2, 0.25) is 11.7 Å². The van der Waals surface area contributed by atoms with E-state index in [0.29, 0.717) is 0 Å². The van der Waals surface area contributed by atoms with Gasteiger partial charge in [0.15, 0.2) is 17.3 Å². The molecule has 0 fully saturated rings. The van der Waals surface area contributed by atoms with Crippen molar-refractivity contribution < 1.29 is 29.7 Å². The van der Waals surface area contributed by atoms with E-state index in [2.05, 4.69) is 17.2 Å². The van der Waals surface area contributed by atoms with E-state index in [1.54, 1.807) is 0 Å². The minimum Gasteiger partial charge on any atom is -0.504 e. The first-order valence-corrected chi connectivity index (χ1v) is 7.92. The molecule has 2 aromatic rings. The first-order chi connectivity index (χ1) is 12.8. The smallest absolute Gasteiger partial charge is 0.251 e. The molecule has 0 aliphatic rings. The van der Waals surface area contributed by atoms with Gasteiger partial charge >= 0.3 is 0 Å². The van der Waals surface area contributed by atoms with Gasteiger partial charge in [-0.15, -0.1) is 0 Å². The third-order valence-electron chi connectivity index (χ3n) is 3.66. The Bertz CT molecular complexity index is 907. The summed E-state index contributed by atoms with van der Waals surface area (Å²) in [7, 11) is 0. The van der Waals surface area contributed by atoms with E-state index < -0.39 is 28.9 Å². The standard InChI is InChI=1S/C19H18N2O6/c1-2-15(23)20-8-9-21-19(27)12-5-3-4-11(10-12)16(24)13-6-7-14(22)18(26)17(13)25/h2-7,10,22,25-26H,1,8-9H2,(H,20,23)(H,21,27). The first kappa shape index (κ1) is 19.5. The molecular weight excluding hydrogens is 352 g/mol. The quantitative estimate of drug-likeness (QED) is 0.214. The van der Waals surface area contributed by atoms with Gasteiger partial charge in [0.05, 0.1) is 5.56 Å². The summed E-state index contributed by atoms with van der Waals surface area (Å²) in [6, 6.07) is 8.04. The van der Waals surface area contributed by atoms with Crippen LogP contribution in [-0.4, -0.2) is 46.0 Å². The van der Waals surface area contributed by atoms with E-state index in [0.717, 1.165) is 12.1 Å². The molecule has 2 aromatic carbocycles. The Labute approximate surface area is 154 Å². The number of carbonyl (C=O) groups excluding carboxylic acids is 3. The van der Waals surface area contributed by atoms with E-state index in [1.165, 1.54) is 30.3 Å². The van der Waals surface area contributed by atoms with Crippen molar-refractivity contribution in [2.75, 3.05) is 13.1 Å². The normalized spacial score (nSPS) is 10.1. The highest BCUT2D eigenvalue weighted by Gasteiger charge is 2.19. The number of phenolic OH excluding ortho intramolecular Hbond substituents is 3. The summed E-state index contributed by atoms with van der Waals surface area (Å²) >= 11 is 0. The monoisotopic (exact) mass is 370 g/mol. The van der Waals surface area contributed by atoms with E-state index in [4.69, 9.17) is 0 Å². The van der Waals surface area contributed by atoms with Crippen molar-refractivity contribution in [3.8, 4) is 17.2 Å². The van der Waals surface area contributed by atoms with Gasteiger partial charge in [0, 0.05) is 24.2 Å². The Kier molecular flexibility index (Phi) is 6.16. The van der Waals surface area contributed by atoms with Gasteiger partial charge in [0.1, 0.15) is 0 Å². The second-order valence-corrected chi connectivity index (χ2v) is 5.49. The summed E-state index contributed by atoms with van der Waals surface area (Å²) in [6.07, 6.45) is 1.12. The Hall–Kier alpha value is -3.81. The molecule has 2 rings (SSSR count). The second kappa shape index (κ2) is 8.52. The molecular formula is C19H18N2O6. The summed E-state index contributed by atoms with van der Waals surface area (Å²) in [5, 5.41) is 33.8. The van der Waals surface area contributed by atoms with Gasteiger partial charge in [0.25, 0.3) is 5.91 Å². The van der Waals surface area contributed by atoms with Crippen LogP contribution in [0.25, 0.3) is 0 Å². The molecule has 0 saturated carbocycles. The maximum absolute atomic E-state index is 12.5. The molecule has 0 aromatic heterocycles. The highest BCUT2D eigenvalue weighted by Crippen LogP contribution is 2.37. The topological polar surface area (TPSA) is 136 Å². The number of rotatable bonds is 7. The van der Waals surface area contributed by atoms with Crippen molar-refractivity contribution in [3.05, 3.63) is 65.7 Å². The lowest BCUT2D eigenvalue weighted by Gasteiger charge is -2.09. The van der Waals surface area contributed by atoms with Crippen molar-refractivity contribution in [3.63, 3.8) is 0 Å². The number of carbonyl (C=O) groups is 3. The highest BCUT2D eigenvalue weighted by atomic mass is 16.3. The van der Waals surface area contributed by atoms with Crippen LogP contribution in [0, 0.1) is 0 Å². The zero-order chi connectivity index (χ0) is 20.0. The number of ketones is 1. The molecule has 0 radical (unpaired) electrons. The maximum atomic E-state index is 12.5. The van der Waals surface area contributed by atoms with Crippen LogP contribution in [0.3, 0.4) is 0 Å². The van der Waals surface area contributed by atoms with E-state index in [1.807, 2.05) is 0 Å². The zero-order valence-corrected chi connectivity index (χ0v) is 14.2. The molecule has 0 aliphatic carbocycles. The second-order valence-electron chi connectivity index (χ2n) is 5.49. The summed E-state index contributed by atoms with van der Waals surface area (Å²) in [4.78, 5) is 35.7. The van der Waals surface area contributed by atoms with Crippen LogP contribution >= 0.6 is 0 Å². The maximum Gasteiger partial charge on any atom is 0.251 e. The molecule has 0 atom stereocenters. The largest absolute Gasteiger partial charge is 0.504 e. The molecule has 0 heterocycles. The summed E-state index contributed by atoms with van der Waals surface area (Å²) < 4.78 is 0. The number of benzene rings is 2. The highest BCUT2D eigenvalue weighted by molar-refractivity contribution is 6.12. The number of nitrogens with one attached hydrogen (secondary N) is 2. The van der Waals surface area contributed by atoms with Gasteiger partial charge in [-0.05, 0) is 30.3 Å². The van der Waals surface area contributed by atoms with E-state index in [-0.39, 0.29) is 35.7 Å². The van der Waals surface area contributed by atoms with Crippen molar-refractivity contribution >= 4 is 17.6 Å². The molecule has 8 heteroatoms. The average Bonchev–Trinajstić information content (AvgIpc) is 2.68. The Morgan fingerprint density at radius 2 is 1.59 bits per heavy atom. The third-order valence-corrected chi connectivity index (χ3v) is 3.66. The summed E-state index contributed by atoms with van der Waals surface area (Å²) in [6.45, 7) is 3.71. The van der Waals surface area contributed by atoms with Crippen molar-refractivity contribution in [1.29, 1.82) is 0 Å². The van der Waals surface area contributed by atoms with Gasteiger partial charge in [-0.1, -0.05) is 18.7 Å².